The largest absolute Gasteiger partial charge is 0.491 e. The molecule has 2 N–H and O–H groups in total. The maximum atomic E-state index is 10.6. The summed E-state index contributed by atoms with van der Waals surface area (Å²) in [6, 6.07) is 9.46. The van der Waals surface area contributed by atoms with E-state index in [9.17, 15) is 8.42 Å². The van der Waals surface area contributed by atoms with Gasteiger partial charge in [0.2, 0.25) is 10.0 Å². The highest BCUT2D eigenvalue weighted by Gasteiger charge is 2.01. The molecule has 0 aliphatic rings. The summed E-state index contributed by atoms with van der Waals surface area (Å²) in [5.74, 6) is 0.625. The number of para-hydroxylation sites is 1. The lowest BCUT2D eigenvalue weighted by Gasteiger charge is -2.07. The summed E-state index contributed by atoms with van der Waals surface area (Å²) in [6.45, 7) is 1.72. The molecule has 0 radical (unpaired) electrons. The Balaban J connectivity index is 1.89. The van der Waals surface area contributed by atoms with E-state index < -0.39 is 10.0 Å². The standard InChI is InChI=1S/C12H19NO5S/c13-19(14,15)11-10-17-7-6-16-8-9-18-12-4-2-1-3-5-12/h1-5H,6-11H2,(H2,13,14,15). The molecule has 0 fully saturated rings. The first-order chi connectivity index (χ1) is 9.08. The molecular formula is C12H19NO5S. The lowest BCUT2D eigenvalue weighted by atomic mass is 10.3. The van der Waals surface area contributed by atoms with Crippen molar-refractivity contribution in [1.29, 1.82) is 0 Å². The van der Waals surface area contributed by atoms with Crippen molar-refractivity contribution < 1.29 is 22.6 Å². The van der Waals surface area contributed by atoms with Crippen molar-refractivity contribution in [2.24, 2.45) is 5.14 Å². The third-order valence-electron chi connectivity index (χ3n) is 2.12. The smallest absolute Gasteiger partial charge is 0.211 e. The Morgan fingerprint density at radius 3 is 2.11 bits per heavy atom. The van der Waals surface area contributed by atoms with Gasteiger partial charge in [-0.3, -0.25) is 0 Å². The molecule has 0 saturated carbocycles. The first-order valence-electron chi connectivity index (χ1n) is 5.92. The van der Waals surface area contributed by atoms with E-state index in [1.54, 1.807) is 0 Å². The maximum absolute atomic E-state index is 10.6. The molecular weight excluding hydrogens is 270 g/mol. The Kier molecular flexibility index (Phi) is 7.42. The molecule has 0 amide bonds. The van der Waals surface area contributed by atoms with Crippen molar-refractivity contribution in [1.82, 2.24) is 0 Å². The van der Waals surface area contributed by atoms with Gasteiger partial charge in [0.05, 0.1) is 32.2 Å². The molecule has 0 aliphatic heterocycles. The average Bonchev–Trinajstić information content (AvgIpc) is 2.37. The van der Waals surface area contributed by atoms with Crippen LogP contribution in [0.4, 0.5) is 0 Å². The van der Waals surface area contributed by atoms with Crippen LogP contribution in [0.15, 0.2) is 30.3 Å². The average molecular weight is 289 g/mol. The van der Waals surface area contributed by atoms with Gasteiger partial charge in [0.25, 0.3) is 0 Å². The molecule has 108 valence electrons. The van der Waals surface area contributed by atoms with Crippen molar-refractivity contribution >= 4 is 10.0 Å². The van der Waals surface area contributed by atoms with Crippen LogP contribution >= 0.6 is 0 Å². The number of hydrogen-bond donors (Lipinski definition) is 1. The van der Waals surface area contributed by atoms with Gasteiger partial charge < -0.3 is 14.2 Å². The Labute approximate surface area is 113 Å². The molecule has 0 bridgehead atoms. The van der Waals surface area contributed by atoms with E-state index >= 15 is 0 Å². The summed E-state index contributed by atoms with van der Waals surface area (Å²) in [7, 11) is -3.44. The number of benzene rings is 1. The quantitative estimate of drug-likeness (QED) is 0.629. The molecule has 1 aromatic rings. The zero-order valence-electron chi connectivity index (χ0n) is 10.7. The molecule has 0 aromatic heterocycles. The lowest BCUT2D eigenvalue weighted by Crippen LogP contribution is -2.21. The number of hydrogen-bond acceptors (Lipinski definition) is 5. The van der Waals surface area contributed by atoms with E-state index in [4.69, 9.17) is 19.3 Å². The van der Waals surface area contributed by atoms with Crippen molar-refractivity contribution in [3.8, 4) is 5.75 Å². The van der Waals surface area contributed by atoms with E-state index in [0.29, 0.717) is 26.4 Å². The fourth-order valence-electron chi connectivity index (χ4n) is 1.23. The summed E-state index contributed by atoms with van der Waals surface area (Å²) < 4.78 is 36.9. The highest BCUT2D eigenvalue weighted by Crippen LogP contribution is 2.07. The first kappa shape index (κ1) is 15.9. The molecule has 0 spiro atoms. The van der Waals surface area contributed by atoms with E-state index in [1.807, 2.05) is 30.3 Å². The Morgan fingerprint density at radius 2 is 1.47 bits per heavy atom. The second-order valence-corrected chi connectivity index (χ2v) is 5.49. The van der Waals surface area contributed by atoms with Crippen LogP contribution in [0.25, 0.3) is 0 Å². The molecule has 7 heteroatoms. The molecule has 6 nitrogen and oxygen atoms in total. The minimum atomic E-state index is -3.44. The third kappa shape index (κ3) is 9.43. The Morgan fingerprint density at radius 1 is 0.895 bits per heavy atom. The molecule has 19 heavy (non-hydrogen) atoms. The second-order valence-electron chi connectivity index (χ2n) is 3.75. The van der Waals surface area contributed by atoms with Gasteiger partial charge in [-0.25, -0.2) is 13.6 Å². The molecule has 0 aliphatic carbocycles. The zero-order valence-corrected chi connectivity index (χ0v) is 11.5. The van der Waals surface area contributed by atoms with Crippen LogP contribution in [0.5, 0.6) is 5.75 Å². The summed E-state index contributed by atoms with van der Waals surface area (Å²) in [5.41, 5.74) is 0. The van der Waals surface area contributed by atoms with Crippen molar-refractivity contribution in [2.45, 2.75) is 0 Å². The summed E-state index contributed by atoms with van der Waals surface area (Å²) >= 11 is 0. The van der Waals surface area contributed by atoms with E-state index in [2.05, 4.69) is 0 Å². The van der Waals surface area contributed by atoms with Crippen LogP contribution in [0.3, 0.4) is 0 Å². The van der Waals surface area contributed by atoms with Crippen LogP contribution in [-0.2, 0) is 19.5 Å². The highest BCUT2D eigenvalue weighted by atomic mass is 32.2. The minimum absolute atomic E-state index is 0.0860. The number of ether oxygens (including phenoxy) is 3. The molecule has 0 unspecified atom stereocenters. The van der Waals surface area contributed by atoms with E-state index in [1.165, 1.54) is 0 Å². The van der Waals surface area contributed by atoms with Crippen LogP contribution in [0.2, 0.25) is 0 Å². The van der Waals surface area contributed by atoms with Gasteiger partial charge in [-0.2, -0.15) is 0 Å². The summed E-state index contributed by atoms with van der Waals surface area (Å²) in [6.07, 6.45) is 0. The maximum Gasteiger partial charge on any atom is 0.211 e. The van der Waals surface area contributed by atoms with Crippen LogP contribution in [0, 0.1) is 0 Å². The second kappa shape index (κ2) is 8.87. The molecule has 1 aromatic carbocycles. The number of nitrogens with two attached hydrogens (primary N) is 1. The fraction of sp³-hybridized carbons (Fsp3) is 0.500. The number of primary sulfonamides is 1. The van der Waals surface area contributed by atoms with Crippen LogP contribution in [-0.4, -0.2) is 47.2 Å². The van der Waals surface area contributed by atoms with Gasteiger partial charge in [-0.15, -0.1) is 0 Å². The predicted octanol–water partition coefficient (Wildman–Crippen LogP) is 0.387. The lowest BCUT2D eigenvalue weighted by molar-refractivity contribution is 0.0410. The normalized spacial score (nSPS) is 11.4. The highest BCUT2D eigenvalue weighted by molar-refractivity contribution is 7.89. The molecule has 0 atom stereocenters. The zero-order chi connectivity index (χ0) is 14.0. The van der Waals surface area contributed by atoms with E-state index in [0.717, 1.165) is 5.75 Å². The van der Waals surface area contributed by atoms with E-state index in [-0.39, 0.29) is 12.4 Å². The van der Waals surface area contributed by atoms with Gasteiger partial charge in [0, 0.05) is 0 Å². The number of rotatable bonds is 10. The van der Waals surface area contributed by atoms with Gasteiger partial charge >= 0.3 is 0 Å². The van der Waals surface area contributed by atoms with Crippen molar-refractivity contribution in [3.63, 3.8) is 0 Å². The van der Waals surface area contributed by atoms with Gasteiger partial charge in [-0.05, 0) is 12.1 Å². The van der Waals surface area contributed by atoms with Gasteiger partial charge in [0.1, 0.15) is 12.4 Å². The van der Waals surface area contributed by atoms with Crippen molar-refractivity contribution in [2.75, 3.05) is 38.8 Å². The predicted molar refractivity (Wildman–Crippen MR) is 71.5 cm³/mol. The Bertz CT molecular complexity index is 435. The topological polar surface area (TPSA) is 87.9 Å². The minimum Gasteiger partial charge on any atom is -0.491 e. The number of sulfonamides is 1. The Hall–Kier alpha value is -1.15. The third-order valence-corrected chi connectivity index (χ3v) is 2.86. The monoisotopic (exact) mass is 289 g/mol. The molecule has 0 saturated heterocycles. The van der Waals surface area contributed by atoms with Gasteiger partial charge in [-0.1, -0.05) is 18.2 Å². The van der Waals surface area contributed by atoms with Crippen LogP contribution < -0.4 is 9.88 Å². The first-order valence-corrected chi connectivity index (χ1v) is 7.63. The fourth-order valence-corrected chi connectivity index (χ4v) is 1.58. The van der Waals surface area contributed by atoms with Gasteiger partial charge in [0.15, 0.2) is 0 Å². The molecule has 0 heterocycles. The SMILES string of the molecule is NS(=O)(=O)CCOCCOCCOc1ccccc1. The molecule has 1 rings (SSSR count). The van der Waals surface area contributed by atoms with Crippen LogP contribution in [0.1, 0.15) is 0 Å². The summed E-state index contributed by atoms with van der Waals surface area (Å²) in [5, 5.41) is 4.82. The van der Waals surface area contributed by atoms with Crippen molar-refractivity contribution in [3.05, 3.63) is 30.3 Å². The summed E-state index contributed by atoms with van der Waals surface area (Å²) in [4.78, 5) is 0.